The van der Waals surface area contributed by atoms with Crippen molar-refractivity contribution in [1.82, 2.24) is 0 Å². The highest BCUT2D eigenvalue weighted by molar-refractivity contribution is 5.73. The van der Waals surface area contributed by atoms with E-state index in [0.717, 1.165) is 12.8 Å². The maximum atomic E-state index is 10.6. The number of hydrogen-bond acceptors (Lipinski definition) is 3. The smallest absolute Gasteiger partial charge is 0.323 e. The van der Waals surface area contributed by atoms with Gasteiger partial charge in [0.15, 0.2) is 0 Å². The Morgan fingerprint density at radius 2 is 2.00 bits per heavy atom. The Hall–Kier alpha value is -0.610. The van der Waals surface area contributed by atoms with E-state index in [1.165, 1.54) is 19.3 Å². The van der Waals surface area contributed by atoms with Crippen molar-refractivity contribution < 1.29 is 14.6 Å². The van der Waals surface area contributed by atoms with Gasteiger partial charge in [0.05, 0.1) is 12.2 Å². The Kier molecular flexibility index (Phi) is 4.35. The molecule has 0 aromatic rings. The summed E-state index contributed by atoms with van der Waals surface area (Å²) in [6.07, 6.45) is 5.52. The highest BCUT2D eigenvalue weighted by Crippen LogP contribution is 2.21. The van der Waals surface area contributed by atoms with Crippen molar-refractivity contribution in [2.75, 3.05) is 0 Å². The van der Waals surface area contributed by atoms with Crippen LogP contribution in [0, 0.1) is 0 Å². The molecular formula is C10H19NO3. The summed E-state index contributed by atoms with van der Waals surface area (Å²) >= 11 is 0. The summed E-state index contributed by atoms with van der Waals surface area (Å²) in [5.74, 6) is -0.992. The SMILES string of the molecule is C[C@@H](OC1CCCCC1)[C@H](N)C(=O)O. The van der Waals surface area contributed by atoms with Gasteiger partial charge in [0.25, 0.3) is 0 Å². The van der Waals surface area contributed by atoms with E-state index < -0.39 is 18.1 Å². The minimum absolute atomic E-state index is 0.212. The average Bonchev–Trinajstić information content (AvgIpc) is 2.18. The zero-order valence-corrected chi connectivity index (χ0v) is 8.61. The lowest BCUT2D eigenvalue weighted by atomic mass is 9.97. The van der Waals surface area contributed by atoms with Crippen LogP contribution < -0.4 is 5.73 Å². The average molecular weight is 201 g/mol. The van der Waals surface area contributed by atoms with E-state index in [4.69, 9.17) is 15.6 Å². The summed E-state index contributed by atoms with van der Waals surface area (Å²) in [5, 5.41) is 8.68. The van der Waals surface area contributed by atoms with Gasteiger partial charge in [-0.25, -0.2) is 0 Å². The predicted octanol–water partition coefficient (Wildman–Crippen LogP) is 1.14. The number of carbonyl (C=O) groups is 1. The van der Waals surface area contributed by atoms with Gasteiger partial charge in [0.1, 0.15) is 6.04 Å². The van der Waals surface area contributed by atoms with Crippen LogP contribution in [0.2, 0.25) is 0 Å². The lowest BCUT2D eigenvalue weighted by Crippen LogP contribution is -2.43. The summed E-state index contributed by atoms with van der Waals surface area (Å²) in [6, 6.07) is -0.906. The molecule has 0 aromatic carbocycles. The van der Waals surface area contributed by atoms with Gasteiger partial charge >= 0.3 is 5.97 Å². The van der Waals surface area contributed by atoms with Crippen LogP contribution in [0.3, 0.4) is 0 Å². The minimum Gasteiger partial charge on any atom is -0.480 e. The molecule has 2 atom stereocenters. The summed E-state index contributed by atoms with van der Waals surface area (Å²) < 4.78 is 5.61. The molecule has 0 saturated heterocycles. The van der Waals surface area contributed by atoms with Gasteiger partial charge in [-0.2, -0.15) is 0 Å². The van der Waals surface area contributed by atoms with Crippen LogP contribution in [0.1, 0.15) is 39.0 Å². The van der Waals surface area contributed by atoms with Gasteiger partial charge in [-0.1, -0.05) is 19.3 Å². The second-order valence-electron chi connectivity index (χ2n) is 3.97. The number of carboxylic acid groups (broad SMARTS) is 1. The maximum absolute atomic E-state index is 10.6. The fourth-order valence-corrected chi connectivity index (χ4v) is 1.79. The summed E-state index contributed by atoms with van der Waals surface area (Å²) in [6.45, 7) is 1.73. The van der Waals surface area contributed by atoms with Crippen molar-refractivity contribution in [3.63, 3.8) is 0 Å². The Bertz CT molecular complexity index is 190. The van der Waals surface area contributed by atoms with Crippen LogP contribution in [0.25, 0.3) is 0 Å². The Balaban J connectivity index is 2.31. The molecule has 4 nitrogen and oxygen atoms in total. The summed E-state index contributed by atoms with van der Waals surface area (Å²) in [4.78, 5) is 10.6. The molecule has 1 rings (SSSR count). The molecule has 14 heavy (non-hydrogen) atoms. The third-order valence-corrected chi connectivity index (χ3v) is 2.75. The maximum Gasteiger partial charge on any atom is 0.323 e. The molecule has 0 radical (unpaired) electrons. The lowest BCUT2D eigenvalue weighted by molar-refractivity contribution is -0.143. The van der Waals surface area contributed by atoms with E-state index >= 15 is 0 Å². The van der Waals surface area contributed by atoms with Crippen LogP contribution >= 0.6 is 0 Å². The number of nitrogens with two attached hydrogens (primary N) is 1. The number of carboxylic acids is 1. The van der Waals surface area contributed by atoms with Crippen molar-refractivity contribution in [2.24, 2.45) is 5.73 Å². The molecular weight excluding hydrogens is 182 g/mol. The lowest BCUT2D eigenvalue weighted by Gasteiger charge is -2.27. The van der Waals surface area contributed by atoms with Gasteiger partial charge in [0.2, 0.25) is 0 Å². The molecule has 0 unspecified atom stereocenters. The van der Waals surface area contributed by atoms with Crippen LogP contribution in [0.15, 0.2) is 0 Å². The molecule has 0 heterocycles. The first-order valence-electron chi connectivity index (χ1n) is 5.25. The van der Waals surface area contributed by atoms with Gasteiger partial charge in [-0.3, -0.25) is 4.79 Å². The van der Waals surface area contributed by atoms with Crippen LogP contribution in [-0.2, 0) is 9.53 Å². The Morgan fingerprint density at radius 3 is 2.50 bits per heavy atom. The van der Waals surface area contributed by atoms with Crippen LogP contribution in [0.5, 0.6) is 0 Å². The molecule has 0 aliphatic heterocycles. The molecule has 0 spiro atoms. The van der Waals surface area contributed by atoms with Crippen molar-refractivity contribution in [1.29, 1.82) is 0 Å². The number of aliphatic carboxylic acids is 1. The molecule has 1 fully saturated rings. The Morgan fingerprint density at radius 1 is 1.43 bits per heavy atom. The number of ether oxygens (including phenoxy) is 1. The van der Waals surface area contributed by atoms with E-state index in [1.807, 2.05) is 0 Å². The molecule has 1 aliphatic rings. The van der Waals surface area contributed by atoms with Crippen LogP contribution in [-0.4, -0.2) is 29.3 Å². The van der Waals surface area contributed by atoms with Crippen molar-refractivity contribution in [3.05, 3.63) is 0 Å². The van der Waals surface area contributed by atoms with Gasteiger partial charge in [-0.05, 0) is 19.8 Å². The molecule has 1 aliphatic carbocycles. The molecule has 82 valence electrons. The van der Waals surface area contributed by atoms with Crippen molar-refractivity contribution in [3.8, 4) is 0 Å². The van der Waals surface area contributed by atoms with Gasteiger partial charge < -0.3 is 15.6 Å². The van der Waals surface area contributed by atoms with E-state index in [2.05, 4.69) is 0 Å². The number of hydrogen-bond donors (Lipinski definition) is 2. The standard InChI is InChI=1S/C10H19NO3/c1-7(9(11)10(12)13)14-8-5-3-2-4-6-8/h7-9H,2-6,11H2,1H3,(H,12,13)/t7-,9+/m1/s1. The predicted molar refractivity (Wildman–Crippen MR) is 53.0 cm³/mol. The Labute approximate surface area is 84.4 Å². The summed E-state index contributed by atoms with van der Waals surface area (Å²) in [5.41, 5.74) is 5.45. The highest BCUT2D eigenvalue weighted by Gasteiger charge is 2.24. The fourth-order valence-electron chi connectivity index (χ4n) is 1.79. The van der Waals surface area contributed by atoms with E-state index in [9.17, 15) is 4.79 Å². The van der Waals surface area contributed by atoms with Gasteiger partial charge in [0, 0.05) is 0 Å². The first kappa shape index (κ1) is 11.5. The normalized spacial score (nSPS) is 23.0. The summed E-state index contributed by atoms with van der Waals surface area (Å²) in [7, 11) is 0. The second kappa shape index (κ2) is 5.32. The van der Waals surface area contributed by atoms with E-state index in [0.29, 0.717) is 0 Å². The topological polar surface area (TPSA) is 72.5 Å². The van der Waals surface area contributed by atoms with E-state index in [-0.39, 0.29) is 6.10 Å². The fraction of sp³-hybridized carbons (Fsp3) is 0.900. The largest absolute Gasteiger partial charge is 0.480 e. The molecule has 4 heteroatoms. The molecule has 0 aromatic heterocycles. The first-order chi connectivity index (χ1) is 6.61. The third-order valence-electron chi connectivity index (χ3n) is 2.75. The monoisotopic (exact) mass is 201 g/mol. The molecule has 3 N–H and O–H groups in total. The molecule has 0 bridgehead atoms. The second-order valence-corrected chi connectivity index (χ2v) is 3.97. The van der Waals surface area contributed by atoms with Gasteiger partial charge in [-0.15, -0.1) is 0 Å². The van der Waals surface area contributed by atoms with Crippen molar-refractivity contribution in [2.45, 2.75) is 57.3 Å². The molecule has 0 amide bonds. The van der Waals surface area contributed by atoms with Crippen LogP contribution in [0.4, 0.5) is 0 Å². The molecule has 1 saturated carbocycles. The first-order valence-corrected chi connectivity index (χ1v) is 5.25. The number of rotatable bonds is 4. The zero-order chi connectivity index (χ0) is 10.6. The minimum atomic E-state index is -0.992. The highest BCUT2D eigenvalue weighted by atomic mass is 16.5. The van der Waals surface area contributed by atoms with E-state index in [1.54, 1.807) is 6.92 Å². The zero-order valence-electron chi connectivity index (χ0n) is 8.61. The van der Waals surface area contributed by atoms with Crippen molar-refractivity contribution >= 4 is 5.97 Å². The quantitative estimate of drug-likeness (QED) is 0.715. The third kappa shape index (κ3) is 3.27.